The van der Waals surface area contributed by atoms with Gasteiger partial charge in [0.1, 0.15) is 5.82 Å². The number of aliphatic hydroxyl groups is 1. The van der Waals surface area contributed by atoms with Gasteiger partial charge in [0.25, 0.3) is 0 Å². The van der Waals surface area contributed by atoms with Gasteiger partial charge in [0.05, 0.1) is 5.60 Å². The Morgan fingerprint density at radius 2 is 1.64 bits per heavy atom. The van der Waals surface area contributed by atoms with Crippen molar-refractivity contribution in [2.24, 2.45) is 5.73 Å². The van der Waals surface area contributed by atoms with Crippen LogP contribution in [-0.4, -0.2) is 17.8 Å². The minimum Gasteiger partial charge on any atom is -0.390 e. The van der Waals surface area contributed by atoms with E-state index in [0.29, 0.717) is 6.42 Å². The molecule has 0 fully saturated rings. The van der Waals surface area contributed by atoms with Crippen LogP contribution in [-0.2, 0) is 6.42 Å². The van der Waals surface area contributed by atoms with Crippen molar-refractivity contribution >= 4 is 0 Å². The van der Waals surface area contributed by atoms with Gasteiger partial charge in [0, 0.05) is 6.42 Å². The summed E-state index contributed by atoms with van der Waals surface area (Å²) in [4.78, 5) is 0. The van der Waals surface area contributed by atoms with E-state index in [9.17, 15) is 9.50 Å². The molecule has 0 aliphatic carbocycles. The first kappa shape index (κ1) is 13.1. The van der Waals surface area contributed by atoms with E-state index in [1.54, 1.807) is 26.0 Å². The van der Waals surface area contributed by atoms with E-state index in [1.165, 1.54) is 19.2 Å². The van der Waals surface area contributed by atoms with Gasteiger partial charge in [-0.2, -0.15) is 0 Å². The quantitative estimate of drug-likeness (QED) is 0.761. The van der Waals surface area contributed by atoms with E-state index in [4.69, 9.17) is 0 Å². The summed E-state index contributed by atoms with van der Waals surface area (Å²) in [7, 11) is 1.50. The van der Waals surface area contributed by atoms with Gasteiger partial charge in [-0.3, -0.25) is 0 Å². The topological polar surface area (TPSA) is 46.2 Å². The van der Waals surface area contributed by atoms with Crippen molar-refractivity contribution in [3.05, 3.63) is 35.6 Å². The molecule has 2 nitrogen and oxygen atoms in total. The Balaban J connectivity index is 0.000000791. The molecule has 0 aliphatic rings. The number of hydrogen-bond acceptors (Lipinski definition) is 2. The van der Waals surface area contributed by atoms with Crippen molar-refractivity contribution < 1.29 is 9.50 Å². The first-order valence-corrected chi connectivity index (χ1v) is 4.52. The monoisotopic (exact) mass is 199 g/mol. The first-order valence-electron chi connectivity index (χ1n) is 4.52. The van der Waals surface area contributed by atoms with Crippen LogP contribution in [0, 0.1) is 5.82 Å². The van der Waals surface area contributed by atoms with Gasteiger partial charge in [0.15, 0.2) is 0 Å². The minimum absolute atomic E-state index is 0.241. The van der Waals surface area contributed by atoms with Crippen molar-refractivity contribution in [2.75, 3.05) is 7.05 Å². The molecular weight excluding hydrogens is 181 g/mol. The van der Waals surface area contributed by atoms with Crippen LogP contribution in [0.2, 0.25) is 0 Å². The van der Waals surface area contributed by atoms with Crippen molar-refractivity contribution in [2.45, 2.75) is 25.9 Å². The van der Waals surface area contributed by atoms with Crippen LogP contribution < -0.4 is 5.73 Å². The van der Waals surface area contributed by atoms with Crippen LogP contribution in [0.15, 0.2) is 24.3 Å². The number of halogens is 1. The lowest BCUT2D eigenvalue weighted by molar-refractivity contribution is 0.0810. The SMILES string of the molecule is CC(C)(O)Cc1ccc(F)cc1.CN. The van der Waals surface area contributed by atoms with Gasteiger partial charge in [0.2, 0.25) is 0 Å². The fraction of sp³-hybridized carbons (Fsp3) is 0.455. The van der Waals surface area contributed by atoms with E-state index in [1.807, 2.05) is 0 Å². The molecule has 3 N–H and O–H groups in total. The Morgan fingerprint density at radius 3 is 2.00 bits per heavy atom. The summed E-state index contributed by atoms with van der Waals surface area (Å²) in [6.07, 6.45) is 0.549. The van der Waals surface area contributed by atoms with Crippen LogP contribution in [0.4, 0.5) is 4.39 Å². The Hall–Kier alpha value is -0.930. The van der Waals surface area contributed by atoms with E-state index >= 15 is 0 Å². The second-order valence-corrected chi connectivity index (χ2v) is 3.62. The second-order valence-electron chi connectivity index (χ2n) is 3.62. The molecule has 0 bridgehead atoms. The van der Waals surface area contributed by atoms with Gasteiger partial charge in [-0.05, 0) is 38.6 Å². The van der Waals surface area contributed by atoms with Gasteiger partial charge in [-0.15, -0.1) is 0 Å². The van der Waals surface area contributed by atoms with Gasteiger partial charge < -0.3 is 10.8 Å². The molecule has 0 heterocycles. The molecule has 0 radical (unpaired) electrons. The molecule has 0 aromatic heterocycles. The average molecular weight is 199 g/mol. The van der Waals surface area contributed by atoms with Crippen LogP contribution in [0.3, 0.4) is 0 Å². The molecule has 0 aliphatic heterocycles. The van der Waals surface area contributed by atoms with Crippen LogP contribution >= 0.6 is 0 Å². The van der Waals surface area contributed by atoms with Gasteiger partial charge >= 0.3 is 0 Å². The molecule has 80 valence electrons. The van der Waals surface area contributed by atoms with Crippen LogP contribution in [0.5, 0.6) is 0 Å². The summed E-state index contributed by atoms with van der Waals surface area (Å²) in [5.74, 6) is -0.241. The third kappa shape index (κ3) is 5.67. The van der Waals surface area contributed by atoms with Crippen LogP contribution in [0.1, 0.15) is 19.4 Å². The molecule has 0 saturated heterocycles. The largest absolute Gasteiger partial charge is 0.390 e. The van der Waals surface area contributed by atoms with E-state index < -0.39 is 5.60 Å². The molecule has 0 amide bonds. The maximum atomic E-state index is 12.5. The second kappa shape index (κ2) is 5.73. The smallest absolute Gasteiger partial charge is 0.123 e. The van der Waals surface area contributed by atoms with Crippen molar-refractivity contribution in [1.29, 1.82) is 0 Å². The van der Waals surface area contributed by atoms with Crippen molar-refractivity contribution in [3.63, 3.8) is 0 Å². The van der Waals surface area contributed by atoms with Crippen molar-refractivity contribution in [1.82, 2.24) is 0 Å². The first-order chi connectivity index (χ1) is 6.47. The Kier molecular flexibility index (Phi) is 5.35. The molecule has 0 unspecified atom stereocenters. The molecule has 1 rings (SSSR count). The number of nitrogens with two attached hydrogens (primary N) is 1. The fourth-order valence-electron chi connectivity index (χ4n) is 1.10. The molecule has 1 aromatic rings. The molecule has 0 spiro atoms. The summed E-state index contributed by atoms with van der Waals surface area (Å²) in [6, 6.07) is 6.18. The molecule has 3 heteroatoms. The number of rotatable bonds is 2. The molecular formula is C11H18FNO. The average Bonchev–Trinajstić information content (AvgIpc) is 2.10. The van der Waals surface area contributed by atoms with E-state index in [0.717, 1.165) is 5.56 Å². The molecule has 14 heavy (non-hydrogen) atoms. The predicted octanol–water partition coefficient (Wildman–Crippen LogP) is 1.71. The molecule has 0 atom stereocenters. The zero-order valence-corrected chi connectivity index (χ0v) is 8.92. The van der Waals surface area contributed by atoms with E-state index in [2.05, 4.69) is 5.73 Å². The summed E-state index contributed by atoms with van der Waals surface area (Å²) >= 11 is 0. The van der Waals surface area contributed by atoms with Gasteiger partial charge in [-0.25, -0.2) is 4.39 Å². The predicted molar refractivity (Wildman–Crippen MR) is 56.5 cm³/mol. The highest BCUT2D eigenvalue weighted by Gasteiger charge is 2.12. The Morgan fingerprint density at radius 1 is 1.21 bits per heavy atom. The highest BCUT2D eigenvalue weighted by atomic mass is 19.1. The lowest BCUT2D eigenvalue weighted by Gasteiger charge is -2.16. The minimum atomic E-state index is -0.724. The standard InChI is InChI=1S/C10H13FO.CH5N/c1-10(2,12)7-8-3-5-9(11)6-4-8;1-2/h3-6,12H,7H2,1-2H3;2H2,1H3. The summed E-state index contributed by atoms with van der Waals surface area (Å²) in [6.45, 7) is 3.46. The highest BCUT2D eigenvalue weighted by Crippen LogP contribution is 2.12. The highest BCUT2D eigenvalue weighted by molar-refractivity contribution is 5.17. The zero-order valence-electron chi connectivity index (χ0n) is 8.92. The summed E-state index contributed by atoms with van der Waals surface area (Å²) < 4.78 is 12.5. The van der Waals surface area contributed by atoms with E-state index in [-0.39, 0.29) is 5.82 Å². The maximum Gasteiger partial charge on any atom is 0.123 e. The Labute approximate surface area is 84.6 Å². The normalized spacial score (nSPS) is 10.4. The molecule has 0 saturated carbocycles. The van der Waals surface area contributed by atoms with Crippen molar-refractivity contribution in [3.8, 4) is 0 Å². The number of hydrogen-bond donors (Lipinski definition) is 2. The summed E-state index contributed by atoms with van der Waals surface area (Å²) in [5.41, 5.74) is 4.72. The lowest BCUT2D eigenvalue weighted by atomic mass is 9.99. The third-order valence-corrected chi connectivity index (χ3v) is 1.55. The van der Waals surface area contributed by atoms with Gasteiger partial charge in [-0.1, -0.05) is 12.1 Å². The maximum absolute atomic E-state index is 12.5. The summed E-state index contributed by atoms with van der Waals surface area (Å²) in [5, 5.41) is 9.45. The Bertz CT molecular complexity index is 251. The lowest BCUT2D eigenvalue weighted by Crippen LogP contribution is -2.21. The zero-order chi connectivity index (χ0) is 11.2. The third-order valence-electron chi connectivity index (χ3n) is 1.55. The fourth-order valence-corrected chi connectivity index (χ4v) is 1.10. The van der Waals surface area contributed by atoms with Crippen LogP contribution in [0.25, 0.3) is 0 Å². The number of benzene rings is 1. The molecule has 1 aromatic carbocycles.